The maximum Gasteiger partial charge on any atom is 0.306 e. The normalized spacial score (nSPS) is 16.8. The summed E-state index contributed by atoms with van der Waals surface area (Å²) in [6.45, 7) is 5.77. The molecule has 0 saturated carbocycles. The van der Waals surface area contributed by atoms with Crippen LogP contribution < -0.4 is 4.90 Å². The van der Waals surface area contributed by atoms with E-state index in [4.69, 9.17) is 10.1 Å². The van der Waals surface area contributed by atoms with Crippen molar-refractivity contribution in [3.63, 3.8) is 0 Å². The Morgan fingerprint density at radius 3 is 2.70 bits per heavy atom. The molecular weight excluding hydrogens is 272 g/mol. The molecule has 2 heterocycles. The number of carboxylic acid groups (broad SMARTS) is 1. The molecule has 0 bridgehead atoms. The Morgan fingerprint density at radius 2 is 2.05 bits per heavy atom. The van der Waals surface area contributed by atoms with Crippen molar-refractivity contribution < 1.29 is 9.90 Å². The molecule has 1 N–H and O–H groups in total. The highest BCUT2D eigenvalue weighted by atomic mass is 32.1. The Morgan fingerprint density at radius 1 is 1.35 bits per heavy atom. The summed E-state index contributed by atoms with van der Waals surface area (Å²) in [5.41, 5.74) is 3.55. The van der Waals surface area contributed by atoms with Gasteiger partial charge in [-0.2, -0.15) is 0 Å². The Labute approximate surface area is 122 Å². The van der Waals surface area contributed by atoms with Crippen molar-refractivity contribution in [3.05, 3.63) is 23.3 Å². The summed E-state index contributed by atoms with van der Waals surface area (Å²) >= 11 is 1.71. The number of nitrogens with zero attached hydrogens (tertiary/aromatic N) is 2. The maximum absolute atomic E-state index is 11.0. The number of hydrogen-bond acceptors (Lipinski definition) is 4. The van der Waals surface area contributed by atoms with Crippen LogP contribution in [0.4, 0.5) is 5.13 Å². The van der Waals surface area contributed by atoms with Crippen molar-refractivity contribution in [3.8, 4) is 0 Å². The van der Waals surface area contributed by atoms with E-state index >= 15 is 0 Å². The van der Waals surface area contributed by atoms with Crippen LogP contribution in [-0.2, 0) is 4.79 Å². The highest BCUT2D eigenvalue weighted by Crippen LogP contribution is 2.33. The molecule has 3 rings (SSSR count). The summed E-state index contributed by atoms with van der Waals surface area (Å²) in [5, 5.41) is 10.1. The summed E-state index contributed by atoms with van der Waals surface area (Å²) in [7, 11) is 0. The first-order valence-corrected chi connectivity index (χ1v) is 7.72. The van der Waals surface area contributed by atoms with Crippen LogP contribution >= 0.6 is 11.3 Å². The predicted octanol–water partition coefficient (Wildman–Crippen LogP) is 3.21. The van der Waals surface area contributed by atoms with Gasteiger partial charge >= 0.3 is 5.97 Å². The van der Waals surface area contributed by atoms with E-state index in [1.165, 1.54) is 15.8 Å². The molecule has 1 aromatic heterocycles. The fourth-order valence-corrected chi connectivity index (χ4v) is 4.01. The monoisotopic (exact) mass is 290 g/mol. The van der Waals surface area contributed by atoms with E-state index in [9.17, 15) is 4.79 Å². The first kappa shape index (κ1) is 13.4. The molecule has 106 valence electrons. The van der Waals surface area contributed by atoms with Crippen molar-refractivity contribution >= 4 is 32.7 Å². The zero-order valence-electron chi connectivity index (χ0n) is 11.7. The molecule has 0 aliphatic carbocycles. The van der Waals surface area contributed by atoms with Crippen molar-refractivity contribution in [2.24, 2.45) is 5.92 Å². The molecule has 1 aromatic carbocycles. The first-order chi connectivity index (χ1) is 9.54. The zero-order valence-corrected chi connectivity index (χ0v) is 12.5. The molecular formula is C15H18N2O2S. The number of anilines is 1. The smallest absolute Gasteiger partial charge is 0.306 e. The molecule has 1 saturated heterocycles. The molecule has 5 heteroatoms. The van der Waals surface area contributed by atoms with E-state index < -0.39 is 5.97 Å². The van der Waals surface area contributed by atoms with Gasteiger partial charge in [-0.15, -0.1) is 0 Å². The van der Waals surface area contributed by atoms with Gasteiger partial charge in [-0.3, -0.25) is 4.79 Å². The van der Waals surface area contributed by atoms with Crippen LogP contribution in [0.15, 0.2) is 12.1 Å². The van der Waals surface area contributed by atoms with Gasteiger partial charge in [0.2, 0.25) is 0 Å². The summed E-state index contributed by atoms with van der Waals surface area (Å²) < 4.78 is 1.22. The predicted molar refractivity (Wildman–Crippen MR) is 81.7 cm³/mol. The molecule has 0 amide bonds. The number of hydrogen-bond donors (Lipinski definition) is 1. The minimum atomic E-state index is -0.666. The fourth-order valence-electron chi connectivity index (χ4n) is 2.81. The largest absolute Gasteiger partial charge is 0.481 e. The van der Waals surface area contributed by atoms with Crippen LogP contribution in [0.5, 0.6) is 0 Å². The van der Waals surface area contributed by atoms with Crippen LogP contribution in [0.25, 0.3) is 10.2 Å². The number of aryl methyl sites for hydroxylation is 2. The number of fused-ring (bicyclic) bond motifs is 1. The van der Waals surface area contributed by atoms with Crippen molar-refractivity contribution in [1.29, 1.82) is 0 Å². The number of aromatic nitrogens is 1. The second kappa shape index (κ2) is 5.05. The summed E-state index contributed by atoms with van der Waals surface area (Å²) in [5.74, 6) is -0.856. The molecule has 2 aromatic rings. The highest BCUT2D eigenvalue weighted by molar-refractivity contribution is 7.22. The van der Waals surface area contributed by atoms with Crippen LogP contribution in [-0.4, -0.2) is 29.1 Å². The molecule has 20 heavy (non-hydrogen) atoms. The Hall–Kier alpha value is -1.62. The number of rotatable bonds is 2. The Bertz CT molecular complexity index is 657. The Kier molecular flexibility index (Phi) is 3.38. The van der Waals surface area contributed by atoms with Crippen LogP contribution in [0, 0.1) is 19.8 Å². The second-order valence-electron chi connectivity index (χ2n) is 5.52. The number of carbonyl (C=O) groups is 1. The number of benzene rings is 1. The second-order valence-corrected chi connectivity index (χ2v) is 6.53. The van der Waals surface area contributed by atoms with Gasteiger partial charge in [-0.25, -0.2) is 4.98 Å². The van der Waals surface area contributed by atoms with E-state index in [0.717, 1.165) is 23.7 Å². The van der Waals surface area contributed by atoms with E-state index in [1.807, 2.05) is 0 Å². The zero-order chi connectivity index (χ0) is 14.3. The lowest BCUT2D eigenvalue weighted by atomic mass is 9.98. The molecule has 0 atom stereocenters. The van der Waals surface area contributed by atoms with Gasteiger partial charge in [0.05, 0.1) is 16.1 Å². The molecule has 1 aliphatic rings. The van der Waals surface area contributed by atoms with Gasteiger partial charge in [-0.1, -0.05) is 17.4 Å². The lowest BCUT2D eigenvalue weighted by molar-refractivity contribution is -0.142. The summed E-state index contributed by atoms with van der Waals surface area (Å²) in [6.07, 6.45) is 1.42. The van der Waals surface area contributed by atoms with E-state index in [1.54, 1.807) is 11.3 Å². The third-order valence-electron chi connectivity index (χ3n) is 3.93. The molecule has 1 aliphatic heterocycles. The number of aliphatic carboxylic acids is 1. The van der Waals surface area contributed by atoms with Gasteiger partial charge in [0, 0.05) is 13.1 Å². The van der Waals surface area contributed by atoms with E-state index in [-0.39, 0.29) is 5.92 Å². The topological polar surface area (TPSA) is 53.4 Å². The lowest BCUT2D eigenvalue weighted by Crippen LogP contribution is -2.36. The highest BCUT2D eigenvalue weighted by Gasteiger charge is 2.26. The molecule has 0 radical (unpaired) electrons. The quantitative estimate of drug-likeness (QED) is 0.922. The van der Waals surface area contributed by atoms with Gasteiger partial charge in [0.25, 0.3) is 0 Å². The standard InChI is InChI=1S/C15H18N2O2S/c1-9-7-10(2)13-12(8-9)20-15(16-13)17-5-3-11(4-6-17)14(18)19/h7-8,11H,3-6H2,1-2H3,(H,18,19). The third-order valence-corrected chi connectivity index (χ3v) is 5.00. The third kappa shape index (κ3) is 2.38. The SMILES string of the molecule is Cc1cc(C)c2nc(N3CCC(C(=O)O)CC3)sc2c1. The van der Waals surface area contributed by atoms with Gasteiger partial charge in [0.15, 0.2) is 5.13 Å². The molecule has 4 nitrogen and oxygen atoms in total. The average Bonchev–Trinajstić information content (AvgIpc) is 2.83. The molecule has 1 fully saturated rings. The number of carboxylic acids is 1. The van der Waals surface area contributed by atoms with E-state index in [2.05, 4.69) is 30.9 Å². The van der Waals surface area contributed by atoms with Crippen LogP contribution in [0.3, 0.4) is 0 Å². The van der Waals surface area contributed by atoms with E-state index in [0.29, 0.717) is 12.8 Å². The number of piperidine rings is 1. The number of thiazole rings is 1. The molecule has 0 spiro atoms. The Balaban J connectivity index is 1.85. The summed E-state index contributed by atoms with van der Waals surface area (Å²) in [4.78, 5) is 18.0. The van der Waals surface area contributed by atoms with Crippen molar-refractivity contribution in [2.45, 2.75) is 26.7 Å². The minimum absolute atomic E-state index is 0.190. The van der Waals surface area contributed by atoms with Gasteiger partial charge in [0.1, 0.15) is 0 Å². The van der Waals surface area contributed by atoms with Crippen LogP contribution in [0.1, 0.15) is 24.0 Å². The van der Waals surface area contributed by atoms with Crippen molar-refractivity contribution in [1.82, 2.24) is 4.98 Å². The fraction of sp³-hybridized carbons (Fsp3) is 0.467. The first-order valence-electron chi connectivity index (χ1n) is 6.90. The average molecular weight is 290 g/mol. The molecule has 0 unspecified atom stereocenters. The van der Waals surface area contributed by atoms with Crippen LogP contribution in [0.2, 0.25) is 0 Å². The minimum Gasteiger partial charge on any atom is -0.481 e. The lowest BCUT2D eigenvalue weighted by Gasteiger charge is -2.29. The maximum atomic E-state index is 11.0. The van der Waals surface area contributed by atoms with Gasteiger partial charge in [-0.05, 0) is 43.9 Å². The van der Waals surface area contributed by atoms with Crippen molar-refractivity contribution in [2.75, 3.05) is 18.0 Å². The van der Waals surface area contributed by atoms with Gasteiger partial charge < -0.3 is 10.0 Å². The summed E-state index contributed by atoms with van der Waals surface area (Å²) in [6, 6.07) is 4.33.